The van der Waals surface area contributed by atoms with Crippen LogP contribution >= 0.6 is 0 Å². The molecule has 1 aliphatic carbocycles. The zero-order valence-electron chi connectivity index (χ0n) is 13.7. The predicted molar refractivity (Wildman–Crippen MR) is 80.9 cm³/mol. The van der Waals surface area contributed by atoms with Crippen molar-refractivity contribution in [1.29, 1.82) is 0 Å². The molecule has 1 saturated heterocycles. The molecule has 2 amide bonds. The van der Waals surface area contributed by atoms with E-state index in [2.05, 4.69) is 5.32 Å². The Morgan fingerprint density at radius 2 is 1.76 bits per heavy atom. The molecule has 1 aliphatic heterocycles. The molecule has 21 heavy (non-hydrogen) atoms. The lowest BCUT2D eigenvalue weighted by atomic mass is 9.69. The minimum absolute atomic E-state index is 0.150. The summed E-state index contributed by atoms with van der Waals surface area (Å²) in [6, 6.07) is 0.189. The Morgan fingerprint density at radius 3 is 2.19 bits per heavy atom. The van der Waals surface area contributed by atoms with E-state index >= 15 is 0 Å². The standard InChI is InChI=1S/C16H28N2O3/c1-15(2,3)21-14(20)18-10-6-12(7-11-18)17-13(19)16(4)8-5-9-16/h12H,5-11H2,1-4H3,(H,17,19). The van der Waals surface area contributed by atoms with Gasteiger partial charge in [-0.25, -0.2) is 4.79 Å². The van der Waals surface area contributed by atoms with Crippen LogP contribution in [0.4, 0.5) is 4.79 Å². The van der Waals surface area contributed by atoms with E-state index in [1.807, 2.05) is 27.7 Å². The largest absolute Gasteiger partial charge is 0.444 e. The van der Waals surface area contributed by atoms with Crippen molar-refractivity contribution in [2.75, 3.05) is 13.1 Å². The third-order valence-corrected chi connectivity index (χ3v) is 4.49. The zero-order valence-corrected chi connectivity index (χ0v) is 13.7. The SMILES string of the molecule is CC(C)(C)OC(=O)N1CCC(NC(=O)C2(C)CCC2)CC1. The average Bonchev–Trinajstić information content (AvgIpc) is 2.34. The van der Waals surface area contributed by atoms with E-state index in [4.69, 9.17) is 4.74 Å². The van der Waals surface area contributed by atoms with Crippen molar-refractivity contribution in [3.63, 3.8) is 0 Å². The van der Waals surface area contributed by atoms with Gasteiger partial charge in [0.25, 0.3) is 0 Å². The maximum absolute atomic E-state index is 12.2. The number of amides is 2. The van der Waals surface area contributed by atoms with Crippen LogP contribution in [0.5, 0.6) is 0 Å². The highest BCUT2D eigenvalue weighted by molar-refractivity contribution is 5.83. The molecule has 0 unspecified atom stereocenters. The summed E-state index contributed by atoms with van der Waals surface area (Å²) < 4.78 is 5.37. The third kappa shape index (κ3) is 4.11. The maximum Gasteiger partial charge on any atom is 0.410 e. The number of nitrogens with one attached hydrogen (secondary N) is 1. The highest BCUT2D eigenvalue weighted by Crippen LogP contribution is 2.40. The molecule has 120 valence electrons. The van der Waals surface area contributed by atoms with E-state index in [1.54, 1.807) is 4.90 Å². The van der Waals surface area contributed by atoms with E-state index in [1.165, 1.54) is 0 Å². The quantitative estimate of drug-likeness (QED) is 0.852. The number of hydrogen-bond acceptors (Lipinski definition) is 3. The molecule has 0 aromatic carbocycles. The van der Waals surface area contributed by atoms with Gasteiger partial charge in [0.05, 0.1) is 0 Å². The molecule has 2 rings (SSSR count). The number of rotatable bonds is 2. The summed E-state index contributed by atoms with van der Waals surface area (Å²) in [5.41, 5.74) is -0.608. The second kappa shape index (κ2) is 5.85. The lowest BCUT2D eigenvalue weighted by Crippen LogP contribution is -2.52. The van der Waals surface area contributed by atoms with E-state index < -0.39 is 5.60 Å². The van der Waals surface area contributed by atoms with Gasteiger partial charge in [0.1, 0.15) is 5.60 Å². The molecule has 5 nitrogen and oxygen atoms in total. The average molecular weight is 296 g/mol. The van der Waals surface area contributed by atoms with Crippen molar-refractivity contribution in [3.8, 4) is 0 Å². The predicted octanol–water partition coefficient (Wildman–Crippen LogP) is 2.69. The number of carbonyl (C=O) groups excluding carboxylic acids is 2. The number of likely N-dealkylation sites (tertiary alicyclic amines) is 1. The number of carbonyl (C=O) groups is 2. The molecule has 0 bridgehead atoms. The summed E-state index contributed by atoms with van der Waals surface area (Å²) in [6.07, 6.45) is 4.51. The van der Waals surface area contributed by atoms with Crippen molar-refractivity contribution >= 4 is 12.0 Å². The van der Waals surface area contributed by atoms with Crippen LogP contribution < -0.4 is 5.32 Å². The number of ether oxygens (including phenoxy) is 1. The molecule has 0 spiro atoms. The fraction of sp³-hybridized carbons (Fsp3) is 0.875. The number of piperidine rings is 1. The van der Waals surface area contributed by atoms with Gasteiger partial charge in [-0.1, -0.05) is 13.3 Å². The van der Waals surface area contributed by atoms with Gasteiger partial charge in [0, 0.05) is 24.5 Å². The summed E-state index contributed by atoms with van der Waals surface area (Å²) >= 11 is 0. The summed E-state index contributed by atoms with van der Waals surface area (Å²) in [7, 11) is 0. The first kappa shape index (κ1) is 16.1. The van der Waals surface area contributed by atoms with Gasteiger partial charge >= 0.3 is 6.09 Å². The molecule has 0 atom stereocenters. The normalized spacial score (nSPS) is 22.4. The molecular formula is C16H28N2O3. The van der Waals surface area contributed by atoms with E-state index in [0.29, 0.717) is 13.1 Å². The van der Waals surface area contributed by atoms with Crippen molar-refractivity contribution in [3.05, 3.63) is 0 Å². The van der Waals surface area contributed by atoms with Crippen molar-refractivity contribution < 1.29 is 14.3 Å². The zero-order chi connectivity index (χ0) is 15.7. The molecule has 2 aliphatic rings. The summed E-state index contributed by atoms with van der Waals surface area (Å²) in [5, 5.41) is 3.15. The first-order valence-electron chi connectivity index (χ1n) is 7.98. The van der Waals surface area contributed by atoms with Gasteiger partial charge < -0.3 is 15.0 Å². The number of nitrogens with zero attached hydrogens (tertiary/aromatic N) is 1. The molecule has 1 N–H and O–H groups in total. The molecule has 0 aromatic rings. The van der Waals surface area contributed by atoms with Crippen LogP contribution in [0.2, 0.25) is 0 Å². The first-order valence-corrected chi connectivity index (χ1v) is 7.98. The van der Waals surface area contributed by atoms with Crippen LogP contribution in [0.25, 0.3) is 0 Å². The Morgan fingerprint density at radius 1 is 1.19 bits per heavy atom. The third-order valence-electron chi connectivity index (χ3n) is 4.49. The fourth-order valence-corrected chi connectivity index (χ4v) is 2.83. The van der Waals surface area contributed by atoms with Gasteiger partial charge in [0.2, 0.25) is 5.91 Å². The minimum atomic E-state index is -0.457. The van der Waals surface area contributed by atoms with Crippen LogP contribution in [0.15, 0.2) is 0 Å². The summed E-state index contributed by atoms with van der Waals surface area (Å²) in [5.74, 6) is 0.185. The smallest absolute Gasteiger partial charge is 0.410 e. The topological polar surface area (TPSA) is 58.6 Å². The van der Waals surface area contributed by atoms with Gasteiger partial charge in [-0.05, 0) is 46.5 Å². The fourth-order valence-electron chi connectivity index (χ4n) is 2.83. The Balaban J connectivity index is 1.75. The van der Waals surface area contributed by atoms with Gasteiger partial charge in [-0.3, -0.25) is 4.79 Å². The molecular weight excluding hydrogens is 268 g/mol. The van der Waals surface area contributed by atoms with Crippen LogP contribution in [-0.4, -0.2) is 41.6 Å². The molecule has 5 heteroatoms. The van der Waals surface area contributed by atoms with Crippen molar-refractivity contribution in [1.82, 2.24) is 10.2 Å². The Hall–Kier alpha value is -1.26. The van der Waals surface area contributed by atoms with Crippen LogP contribution in [-0.2, 0) is 9.53 Å². The lowest BCUT2D eigenvalue weighted by Gasteiger charge is -2.39. The molecule has 0 radical (unpaired) electrons. The van der Waals surface area contributed by atoms with Gasteiger partial charge in [-0.2, -0.15) is 0 Å². The summed E-state index contributed by atoms with van der Waals surface area (Å²) in [4.78, 5) is 25.9. The molecule has 0 aromatic heterocycles. The Labute approximate surface area is 127 Å². The van der Waals surface area contributed by atoms with E-state index in [-0.39, 0.29) is 23.5 Å². The Kier molecular flexibility index (Phi) is 4.49. The molecule has 1 heterocycles. The maximum atomic E-state index is 12.2. The van der Waals surface area contributed by atoms with E-state index in [9.17, 15) is 9.59 Å². The van der Waals surface area contributed by atoms with Gasteiger partial charge in [-0.15, -0.1) is 0 Å². The van der Waals surface area contributed by atoms with E-state index in [0.717, 1.165) is 32.1 Å². The minimum Gasteiger partial charge on any atom is -0.444 e. The molecule has 2 fully saturated rings. The van der Waals surface area contributed by atoms with Crippen LogP contribution in [0.1, 0.15) is 59.8 Å². The first-order chi connectivity index (χ1) is 9.70. The van der Waals surface area contributed by atoms with Crippen molar-refractivity contribution in [2.24, 2.45) is 5.41 Å². The summed E-state index contributed by atoms with van der Waals surface area (Å²) in [6.45, 7) is 8.96. The second-order valence-corrected chi connectivity index (χ2v) is 7.63. The second-order valence-electron chi connectivity index (χ2n) is 7.63. The highest BCUT2D eigenvalue weighted by Gasteiger charge is 2.40. The Bertz CT molecular complexity index is 402. The van der Waals surface area contributed by atoms with Crippen molar-refractivity contribution in [2.45, 2.75) is 71.4 Å². The van der Waals surface area contributed by atoms with Gasteiger partial charge in [0.15, 0.2) is 0 Å². The molecule has 1 saturated carbocycles. The number of hydrogen-bond donors (Lipinski definition) is 1. The monoisotopic (exact) mass is 296 g/mol. The highest BCUT2D eigenvalue weighted by atomic mass is 16.6. The van der Waals surface area contributed by atoms with Crippen LogP contribution in [0, 0.1) is 5.41 Å². The lowest BCUT2D eigenvalue weighted by molar-refractivity contribution is -0.135. The van der Waals surface area contributed by atoms with Crippen LogP contribution in [0.3, 0.4) is 0 Å².